The maximum atomic E-state index is 13.2. The van der Waals surface area contributed by atoms with Crippen molar-refractivity contribution in [2.24, 2.45) is 0 Å². The van der Waals surface area contributed by atoms with Gasteiger partial charge in [-0.05, 0) is 23.3 Å². The molecule has 134 valence electrons. The molecule has 1 N–H and O–H groups in total. The van der Waals surface area contributed by atoms with Crippen molar-refractivity contribution in [3.63, 3.8) is 0 Å². The van der Waals surface area contributed by atoms with Gasteiger partial charge in [0.1, 0.15) is 6.54 Å². The van der Waals surface area contributed by atoms with E-state index in [1.54, 1.807) is 4.90 Å². The molecular weight excluding hydrogens is 336 g/mol. The second kappa shape index (κ2) is 7.46. The number of anilines is 2. The predicted octanol–water partition coefficient (Wildman–Crippen LogP) is 4.19. The van der Waals surface area contributed by atoms with E-state index in [1.165, 1.54) is 0 Å². The second-order valence-corrected chi connectivity index (χ2v) is 6.62. The van der Waals surface area contributed by atoms with Gasteiger partial charge in [-0.3, -0.25) is 9.59 Å². The highest BCUT2D eigenvalue weighted by molar-refractivity contribution is 6.10. The van der Waals surface area contributed by atoms with Gasteiger partial charge in [-0.15, -0.1) is 0 Å². The largest absolute Gasteiger partial charge is 0.323 e. The summed E-state index contributed by atoms with van der Waals surface area (Å²) in [6.07, 6.45) is 0.301. The number of nitrogens with zero attached hydrogens (tertiary/aromatic N) is 1. The summed E-state index contributed by atoms with van der Waals surface area (Å²) >= 11 is 0. The van der Waals surface area contributed by atoms with E-state index in [0.29, 0.717) is 12.1 Å². The third-order valence-corrected chi connectivity index (χ3v) is 4.85. The highest BCUT2D eigenvalue weighted by Crippen LogP contribution is 2.33. The van der Waals surface area contributed by atoms with E-state index >= 15 is 0 Å². The van der Waals surface area contributed by atoms with Crippen LogP contribution in [-0.2, 0) is 9.59 Å². The first kappa shape index (κ1) is 17.0. The Hall–Kier alpha value is -3.40. The van der Waals surface area contributed by atoms with Crippen LogP contribution < -0.4 is 10.2 Å². The summed E-state index contributed by atoms with van der Waals surface area (Å²) in [5.41, 5.74) is 3.61. The number of rotatable bonds is 4. The van der Waals surface area contributed by atoms with Gasteiger partial charge >= 0.3 is 0 Å². The Bertz CT molecular complexity index is 915. The number of para-hydroxylation sites is 2. The zero-order chi connectivity index (χ0) is 18.6. The smallest absolute Gasteiger partial charge is 0.244 e. The van der Waals surface area contributed by atoms with E-state index in [9.17, 15) is 9.59 Å². The van der Waals surface area contributed by atoms with E-state index < -0.39 is 0 Å². The average Bonchev–Trinajstić information content (AvgIpc) is 2.72. The minimum Gasteiger partial charge on any atom is -0.323 e. The summed E-state index contributed by atoms with van der Waals surface area (Å²) in [6.45, 7) is 0.0478. The van der Waals surface area contributed by atoms with E-state index in [1.807, 2.05) is 84.9 Å². The van der Waals surface area contributed by atoms with Crippen LogP contribution in [0.2, 0.25) is 0 Å². The van der Waals surface area contributed by atoms with Crippen molar-refractivity contribution in [1.82, 2.24) is 0 Å². The number of benzene rings is 3. The third kappa shape index (κ3) is 3.60. The maximum absolute atomic E-state index is 13.2. The van der Waals surface area contributed by atoms with E-state index in [2.05, 4.69) is 5.32 Å². The molecule has 4 nitrogen and oxygen atoms in total. The van der Waals surface area contributed by atoms with E-state index in [4.69, 9.17) is 0 Å². The highest BCUT2D eigenvalue weighted by atomic mass is 16.2. The Morgan fingerprint density at radius 2 is 1.41 bits per heavy atom. The molecule has 4 heteroatoms. The Kier molecular flexibility index (Phi) is 4.71. The first-order chi connectivity index (χ1) is 13.2. The molecule has 0 unspecified atom stereocenters. The van der Waals surface area contributed by atoms with Gasteiger partial charge in [-0.2, -0.15) is 0 Å². The second-order valence-electron chi connectivity index (χ2n) is 6.62. The molecule has 0 aliphatic carbocycles. The fourth-order valence-corrected chi connectivity index (χ4v) is 3.54. The Morgan fingerprint density at radius 1 is 0.852 bits per heavy atom. The standard InChI is InChI=1S/C23H20N2O2/c26-22-16-25(21-14-8-7-13-20(21)24-22)23(27)15-19(17-9-3-1-4-10-17)18-11-5-2-6-12-18/h1-14,19H,15-16H2,(H,24,26). The van der Waals surface area contributed by atoms with Gasteiger partial charge in [0.15, 0.2) is 0 Å². The van der Waals surface area contributed by atoms with Crippen LogP contribution in [-0.4, -0.2) is 18.4 Å². The van der Waals surface area contributed by atoms with E-state index in [-0.39, 0.29) is 24.3 Å². The van der Waals surface area contributed by atoms with Crippen molar-refractivity contribution in [2.45, 2.75) is 12.3 Å². The molecule has 0 atom stereocenters. The van der Waals surface area contributed by atoms with Crippen molar-refractivity contribution in [1.29, 1.82) is 0 Å². The first-order valence-electron chi connectivity index (χ1n) is 9.01. The molecule has 2 amide bonds. The molecule has 0 aromatic heterocycles. The van der Waals surface area contributed by atoms with Gasteiger partial charge in [0.2, 0.25) is 11.8 Å². The number of fused-ring (bicyclic) bond motifs is 1. The van der Waals surface area contributed by atoms with Crippen molar-refractivity contribution in [2.75, 3.05) is 16.8 Å². The lowest BCUT2D eigenvalue weighted by Gasteiger charge is -2.30. The summed E-state index contributed by atoms with van der Waals surface area (Å²) in [5, 5.41) is 2.83. The van der Waals surface area contributed by atoms with Crippen LogP contribution in [0.5, 0.6) is 0 Å². The van der Waals surface area contributed by atoms with E-state index in [0.717, 1.165) is 16.8 Å². The molecular formula is C23H20N2O2. The van der Waals surface area contributed by atoms with Crippen LogP contribution in [0.4, 0.5) is 11.4 Å². The molecule has 0 spiro atoms. The summed E-state index contributed by atoms with van der Waals surface area (Å²) in [6, 6.07) is 27.5. The third-order valence-electron chi connectivity index (χ3n) is 4.85. The molecule has 1 aliphatic heterocycles. The minimum atomic E-state index is -0.168. The molecule has 0 saturated carbocycles. The zero-order valence-corrected chi connectivity index (χ0v) is 14.8. The van der Waals surface area contributed by atoms with Gasteiger partial charge in [0, 0.05) is 12.3 Å². The number of hydrogen-bond donors (Lipinski definition) is 1. The van der Waals surface area contributed by atoms with Crippen LogP contribution in [0.25, 0.3) is 0 Å². The lowest BCUT2D eigenvalue weighted by Crippen LogP contribution is -2.42. The van der Waals surface area contributed by atoms with Crippen LogP contribution in [0, 0.1) is 0 Å². The lowest BCUT2D eigenvalue weighted by atomic mass is 9.88. The maximum Gasteiger partial charge on any atom is 0.244 e. The monoisotopic (exact) mass is 356 g/mol. The molecule has 0 radical (unpaired) electrons. The van der Waals surface area contributed by atoms with Gasteiger partial charge in [-0.1, -0.05) is 72.8 Å². The van der Waals surface area contributed by atoms with Crippen LogP contribution >= 0.6 is 0 Å². The number of nitrogens with one attached hydrogen (secondary N) is 1. The molecule has 3 aromatic rings. The summed E-state index contributed by atoms with van der Waals surface area (Å²) < 4.78 is 0. The minimum absolute atomic E-state index is 0.0478. The normalized spacial score (nSPS) is 13.2. The molecule has 4 rings (SSSR count). The average molecular weight is 356 g/mol. The molecule has 27 heavy (non-hydrogen) atoms. The van der Waals surface area contributed by atoms with Gasteiger partial charge in [0.25, 0.3) is 0 Å². The van der Waals surface area contributed by atoms with Crippen molar-refractivity contribution < 1.29 is 9.59 Å². The fourth-order valence-electron chi connectivity index (χ4n) is 3.54. The number of amides is 2. The molecule has 0 fully saturated rings. The lowest BCUT2D eigenvalue weighted by molar-refractivity contribution is -0.122. The van der Waals surface area contributed by atoms with Crippen LogP contribution in [0.3, 0.4) is 0 Å². The van der Waals surface area contributed by atoms with Crippen molar-refractivity contribution in [3.8, 4) is 0 Å². The molecule has 1 heterocycles. The Balaban J connectivity index is 1.66. The van der Waals surface area contributed by atoms with Crippen LogP contribution in [0.1, 0.15) is 23.5 Å². The Labute approximate surface area is 158 Å². The SMILES string of the molecule is O=C1CN(C(=O)CC(c2ccccc2)c2ccccc2)c2ccccc2N1. The highest BCUT2D eigenvalue weighted by Gasteiger charge is 2.29. The molecule has 1 aliphatic rings. The first-order valence-corrected chi connectivity index (χ1v) is 9.01. The van der Waals surface area contributed by atoms with Gasteiger partial charge in [-0.25, -0.2) is 0 Å². The topological polar surface area (TPSA) is 49.4 Å². The van der Waals surface area contributed by atoms with Crippen molar-refractivity contribution >= 4 is 23.2 Å². The fraction of sp³-hybridized carbons (Fsp3) is 0.130. The predicted molar refractivity (Wildman–Crippen MR) is 107 cm³/mol. The van der Waals surface area contributed by atoms with Gasteiger partial charge in [0.05, 0.1) is 11.4 Å². The molecule has 0 saturated heterocycles. The number of carbonyl (C=O) groups is 2. The van der Waals surface area contributed by atoms with Crippen LogP contribution in [0.15, 0.2) is 84.9 Å². The number of carbonyl (C=O) groups excluding carboxylic acids is 2. The zero-order valence-electron chi connectivity index (χ0n) is 14.8. The summed E-state index contributed by atoms with van der Waals surface area (Å²) in [5.74, 6) is -0.287. The van der Waals surface area contributed by atoms with Crippen molar-refractivity contribution in [3.05, 3.63) is 96.1 Å². The molecule has 3 aromatic carbocycles. The Morgan fingerprint density at radius 3 is 2.04 bits per heavy atom. The van der Waals surface area contributed by atoms with Gasteiger partial charge < -0.3 is 10.2 Å². The number of hydrogen-bond acceptors (Lipinski definition) is 2. The quantitative estimate of drug-likeness (QED) is 0.762. The molecule has 0 bridgehead atoms. The summed E-state index contributed by atoms with van der Waals surface area (Å²) in [7, 11) is 0. The summed E-state index contributed by atoms with van der Waals surface area (Å²) in [4.78, 5) is 26.9.